The molecule has 22 heavy (non-hydrogen) atoms. The van der Waals surface area contributed by atoms with Gasteiger partial charge in [-0.2, -0.15) is 0 Å². The highest BCUT2D eigenvalue weighted by Gasteiger charge is 2.18. The van der Waals surface area contributed by atoms with Gasteiger partial charge in [0.05, 0.1) is 17.6 Å². The second-order valence-corrected chi connectivity index (χ2v) is 5.00. The van der Waals surface area contributed by atoms with E-state index in [0.29, 0.717) is 17.8 Å². The summed E-state index contributed by atoms with van der Waals surface area (Å²) in [6, 6.07) is 15.4. The van der Waals surface area contributed by atoms with Crippen molar-refractivity contribution in [2.75, 3.05) is 6.61 Å². The number of carbonyl (C=O) groups excluding carboxylic acids is 1. The second-order valence-electron chi connectivity index (χ2n) is 5.00. The maximum absolute atomic E-state index is 12.2. The molecule has 4 heteroatoms. The maximum Gasteiger partial charge on any atom is 0.359 e. The number of ether oxygens (including phenoxy) is 1. The summed E-state index contributed by atoms with van der Waals surface area (Å²) in [4.78, 5) is 21.3. The van der Waals surface area contributed by atoms with Crippen LogP contribution < -0.4 is 0 Å². The van der Waals surface area contributed by atoms with Gasteiger partial charge in [0.25, 0.3) is 0 Å². The summed E-state index contributed by atoms with van der Waals surface area (Å²) >= 11 is 0. The summed E-state index contributed by atoms with van der Waals surface area (Å²) in [7, 11) is 0. The highest BCUT2D eigenvalue weighted by Crippen LogP contribution is 2.24. The number of aryl methyl sites for hydroxylation is 1. The summed E-state index contributed by atoms with van der Waals surface area (Å²) in [5.74, 6) is -0.448. The van der Waals surface area contributed by atoms with Crippen molar-refractivity contribution in [2.24, 2.45) is 0 Å². The van der Waals surface area contributed by atoms with E-state index in [-0.39, 0.29) is 5.69 Å². The zero-order valence-electron chi connectivity index (χ0n) is 12.5. The predicted octanol–water partition coefficient (Wildman–Crippen LogP) is 3.78. The van der Waals surface area contributed by atoms with E-state index in [0.717, 1.165) is 16.6 Å². The molecule has 0 aliphatic carbocycles. The van der Waals surface area contributed by atoms with Crippen molar-refractivity contribution in [2.45, 2.75) is 13.8 Å². The van der Waals surface area contributed by atoms with E-state index in [1.165, 1.54) is 0 Å². The first-order valence-electron chi connectivity index (χ1n) is 7.20. The molecule has 3 aromatic rings. The van der Waals surface area contributed by atoms with E-state index >= 15 is 0 Å². The van der Waals surface area contributed by atoms with Gasteiger partial charge in [0, 0.05) is 5.56 Å². The molecule has 0 fully saturated rings. The topological polar surface area (TPSA) is 52.1 Å². The zero-order valence-corrected chi connectivity index (χ0v) is 12.5. The van der Waals surface area contributed by atoms with Gasteiger partial charge in [-0.3, -0.25) is 0 Å². The van der Waals surface area contributed by atoms with Gasteiger partial charge in [-0.05, 0) is 26.0 Å². The summed E-state index contributed by atoms with van der Waals surface area (Å²) in [6.45, 7) is 4.10. The van der Waals surface area contributed by atoms with Crippen LogP contribution in [0, 0.1) is 6.92 Å². The summed E-state index contributed by atoms with van der Waals surface area (Å²) in [6.07, 6.45) is 0. The van der Waals surface area contributed by atoms with Gasteiger partial charge in [-0.15, -0.1) is 0 Å². The smallest absolute Gasteiger partial charge is 0.359 e. The lowest BCUT2D eigenvalue weighted by Gasteiger charge is -2.09. The largest absolute Gasteiger partial charge is 0.461 e. The van der Waals surface area contributed by atoms with Crippen molar-refractivity contribution in [3.8, 4) is 11.3 Å². The fourth-order valence-electron chi connectivity index (χ4n) is 2.25. The van der Waals surface area contributed by atoms with Crippen LogP contribution >= 0.6 is 0 Å². The highest BCUT2D eigenvalue weighted by atomic mass is 16.5. The summed E-state index contributed by atoms with van der Waals surface area (Å²) in [5.41, 5.74) is 4.25. The molecule has 0 spiro atoms. The first kappa shape index (κ1) is 14.2. The number of aromatic nitrogens is 2. The minimum absolute atomic E-state index is 0.254. The average Bonchev–Trinajstić information content (AvgIpc) is 2.54. The molecule has 0 unspecified atom stereocenters. The molecule has 0 bridgehead atoms. The Labute approximate surface area is 128 Å². The first-order chi connectivity index (χ1) is 10.7. The van der Waals surface area contributed by atoms with E-state index in [2.05, 4.69) is 9.97 Å². The van der Waals surface area contributed by atoms with E-state index in [1.807, 2.05) is 55.5 Å². The maximum atomic E-state index is 12.2. The first-order valence-corrected chi connectivity index (χ1v) is 7.20. The van der Waals surface area contributed by atoms with Gasteiger partial charge in [0.15, 0.2) is 5.69 Å². The number of rotatable bonds is 3. The van der Waals surface area contributed by atoms with Gasteiger partial charge in [-0.1, -0.05) is 42.0 Å². The Bertz CT molecular complexity index is 826. The molecular weight excluding hydrogens is 276 g/mol. The molecule has 0 aliphatic heterocycles. The number of hydrogen-bond acceptors (Lipinski definition) is 4. The van der Waals surface area contributed by atoms with Crippen LogP contribution in [0.5, 0.6) is 0 Å². The third kappa shape index (κ3) is 2.68. The standard InChI is InChI=1S/C18H16N2O2/c1-3-22-18(21)17-16(13-10-8-12(2)9-11-13)19-14-6-4-5-7-15(14)20-17/h4-11H,3H2,1-2H3. The predicted molar refractivity (Wildman–Crippen MR) is 85.7 cm³/mol. The minimum atomic E-state index is -0.448. The van der Waals surface area contributed by atoms with E-state index in [4.69, 9.17) is 4.74 Å². The summed E-state index contributed by atoms with van der Waals surface area (Å²) in [5, 5.41) is 0. The number of para-hydroxylation sites is 2. The van der Waals surface area contributed by atoms with Gasteiger partial charge in [0.1, 0.15) is 5.69 Å². The van der Waals surface area contributed by atoms with Crippen LogP contribution in [0.3, 0.4) is 0 Å². The lowest BCUT2D eigenvalue weighted by atomic mass is 10.1. The Morgan fingerprint density at radius 1 is 1.00 bits per heavy atom. The molecule has 0 N–H and O–H groups in total. The zero-order chi connectivity index (χ0) is 15.5. The molecule has 0 saturated carbocycles. The molecule has 4 nitrogen and oxygen atoms in total. The van der Waals surface area contributed by atoms with Crippen LogP contribution in [-0.4, -0.2) is 22.5 Å². The lowest BCUT2D eigenvalue weighted by Crippen LogP contribution is -2.10. The SMILES string of the molecule is CCOC(=O)c1nc2ccccc2nc1-c1ccc(C)cc1. The van der Waals surface area contributed by atoms with Crippen LogP contribution in [0.4, 0.5) is 0 Å². The molecule has 0 saturated heterocycles. The fourth-order valence-corrected chi connectivity index (χ4v) is 2.25. The monoisotopic (exact) mass is 292 g/mol. The molecule has 110 valence electrons. The van der Waals surface area contributed by atoms with Crippen LogP contribution in [0.15, 0.2) is 48.5 Å². The normalized spacial score (nSPS) is 10.6. The lowest BCUT2D eigenvalue weighted by molar-refractivity contribution is 0.0520. The van der Waals surface area contributed by atoms with Crippen LogP contribution in [-0.2, 0) is 4.74 Å². The van der Waals surface area contributed by atoms with Crippen molar-refractivity contribution >= 4 is 17.0 Å². The third-order valence-electron chi connectivity index (χ3n) is 3.36. The molecule has 0 aliphatic rings. The fraction of sp³-hybridized carbons (Fsp3) is 0.167. The van der Waals surface area contributed by atoms with Gasteiger partial charge in [0.2, 0.25) is 0 Å². The van der Waals surface area contributed by atoms with E-state index in [9.17, 15) is 4.79 Å². The molecule has 1 aromatic heterocycles. The van der Waals surface area contributed by atoms with Crippen molar-refractivity contribution in [3.05, 3.63) is 59.8 Å². The van der Waals surface area contributed by atoms with E-state index in [1.54, 1.807) is 6.92 Å². The Morgan fingerprint density at radius 3 is 2.27 bits per heavy atom. The van der Waals surface area contributed by atoms with Crippen molar-refractivity contribution in [1.29, 1.82) is 0 Å². The Hall–Kier alpha value is -2.75. The number of hydrogen-bond donors (Lipinski definition) is 0. The molecular formula is C18H16N2O2. The van der Waals surface area contributed by atoms with Crippen LogP contribution in [0.25, 0.3) is 22.3 Å². The molecule has 0 amide bonds. The van der Waals surface area contributed by atoms with Gasteiger partial charge in [-0.25, -0.2) is 14.8 Å². The number of nitrogens with zero attached hydrogens (tertiary/aromatic N) is 2. The quantitative estimate of drug-likeness (QED) is 0.689. The average molecular weight is 292 g/mol. The van der Waals surface area contributed by atoms with Crippen molar-refractivity contribution < 1.29 is 9.53 Å². The number of esters is 1. The van der Waals surface area contributed by atoms with Crippen molar-refractivity contribution in [3.63, 3.8) is 0 Å². The Morgan fingerprint density at radius 2 is 1.64 bits per heavy atom. The summed E-state index contributed by atoms with van der Waals surface area (Å²) < 4.78 is 5.12. The second kappa shape index (κ2) is 5.93. The molecule has 0 radical (unpaired) electrons. The van der Waals surface area contributed by atoms with Gasteiger partial charge < -0.3 is 4.74 Å². The molecule has 3 rings (SSSR count). The highest BCUT2D eigenvalue weighted by molar-refractivity contribution is 5.96. The molecule has 2 aromatic carbocycles. The van der Waals surface area contributed by atoms with Crippen LogP contribution in [0.2, 0.25) is 0 Å². The van der Waals surface area contributed by atoms with Gasteiger partial charge >= 0.3 is 5.97 Å². The Kier molecular flexibility index (Phi) is 3.83. The molecule has 0 atom stereocenters. The molecule has 1 heterocycles. The van der Waals surface area contributed by atoms with Crippen molar-refractivity contribution in [1.82, 2.24) is 9.97 Å². The number of fused-ring (bicyclic) bond motifs is 1. The van der Waals surface area contributed by atoms with Crippen LogP contribution in [0.1, 0.15) is 23.0 Å². The minimum Gasteiger partial charge on any atom is -0.461 e. The number of carbonyl (C=O) groups is 1. The van der Waals surface area contributed by atoms with E-state index < -0.39 is 5.97 Å². The number of benzene rings is 2. The Balaban J connectivity index is 2.22. The third-order valence-corrected chi connectivity index (χ3v) is 3.36.